The Morgan fingerprint density at radius 1 is 1.47 bits per heavy atom. The lowest BCUT2D eigenvalue weighted by Gasteiger charge is -2.12. The predicted octanol–water partition coefficient (Wildman–Crippen LogP) is 3.28. The lowest BCUT2D eigenvalue weighted by atomic mass is 10.1. The van der Waals surface area contributed by atoms with Gasteiger partial charge in [-0.1, -0.05) is 13.8 Å². The summed E-state index contributed by atoms with van der Waals surface area (Å²) < 4.78 is 5.31. The minimum atomic E-state index is -0.117. The van der Waals surface area contributed by atoms with Gasteiger partial charge in [0.25, 0.3) is 5.91 Å². The number of furan rings is 1. The largest absolute Gasteiger partial charge is 0.466 e. The van der Waals surface area contributed by atoms with Crippen LogP contribution in [0.25, 0.3) is 0 Å². The molecule has 0 fully saturated rings. The van der Waals surface area contributed by atoms with Crippen LogP contribution in [0.15, 0.2) is 10.5 Å². The van der Waals surface area contributed by atoms with Crippen molar-refractivity contribution in [3.05, 3.63) is 23.2 Å². The van der Waals surface area contributed by atoms with Crippen LogP contribution >= 0.6 is 11.6 Å². The summed E-state index contributed by atoms with van der Waals surface area (Å²) in [6, 6.07) is 1.75. The van der Waals surface area contributed by atoms with Gasteiger partial charge in [0, 0.05) is 6.54 Å². The molecular formula is C13H20ClNO2. The Labute approximate surface area is 108 Å². The number of carbonyl (C=O) groups excluding carboxylic acids is 1. The maximum atomic E-state index is 11.8. The minimum absolute atomic E-state index is 0.0211. The Balaban J connectivity index is 2.47. The molecule has 0 spiro atoms. The normalized spacial score (nSPS) is 12.8. The number of amides is 1. The van der Waals surface area contributed by atoms with Gasteiger partial charge in [-0.3, -0.25) is 4.79 Å². The van der Waals surface area contributed by atoms with Crippen LogP contribution in [0.3, 0.4) is 0 Å². The molecule has 1 rings (SSSR count). The van der Waals surface area contributed by atoms with Gasteiger partial charge < -0.3 is 9.73 Å². The van der Waals surface area contributed by atoms with Gasteiger partial charge in [-0.25, -0.2) is 0 Å². The molecule has 0 saturated heterocycles. The van der Waals surface area contributed by atoms with Crippen LogP contribution in [0.2, 0.25) is 0 Å². The van der Waals surface area contributed by atoms with E-state index < -0.39 is 0 Å². The topological polar surface area (TPSA) is 42.2 Å². The van der Waals surface area contributed by atoms with Crippen molar-refractivity contribution in [1.82, 2.24) is 5.32 Å². The van der Waals surface area contributed by atoms with E-state index in [1.807, 2.05) is 6.92 Å². The number of nitrogens with one attached hydrogen (secondary N) is 1. The van der Waals surface area contributed by atoms with E-state index in [2.05, 4.69) is 19.2 Å². The molecule has 0 aliphatic carbocycles. The zero-order valence-corrected chi connectivity index (χ0v) is 11.6. The van der Waals surface area contributed by atoms with Gasteiger partial charge in [-0.05, 0) is 32.3 Å². The second kappa shape index (κ2) is 6.10. The van der Waals surface area contributed by atoms with E-state index in [1.165, 1.54) is 0 Å². The standard InChI is InChI=1S/C13H20ClNO2/c1-8(2)5-11(14)7-15-13(16)12-6-9(3)17-10(12)4/h6,8,11H,5,7H2,1-4H3,(H,15,16). The van der Waals surface area contributed by atoms with Gasteiger partial charge in [0.2, 0.25) is 0 Å². The third-order valence-electron chi connectivity index (χ3n) is 2.50. The average molecular weight is 258 g/mol. The summed E-state index contributed by atoms with van der Waals surface area (Å²) in [7, 11) is 0. The number of halogens is 1. The third kappa shape index (κ3) is 4.43. The van der Waals surface area contributed by atoms with E-state index in [0.717, 1.165) is 12.2 Å². The van der Waals surface area contributed by atoms with Crippen LogP contribution in [-0.2, 0) is 0 Å². The molecule has 96 valence electrons. The van der Waals surface area contributed by atoms with Gasteiger partial charge in [-0.15, -0.1) is 11.6 Å². The number of alkyl halides is 1. The highest BCUT2D eigenvalue weighted by Gasteiger charge is 2.15. The molecule has 1 amide bonds. The van der Waals surface area contributed by atoms with E-state index in [9.17, 15) is 4.79 Å². The fourth-order valence-corrected chi connectivity index (χ4v) is 2.18. The molecule has 0 aliphatic heterocycles. The van der Waals surface area contributed by atoms with Gasteiger partial charge >= 0.3 is 0 Å². The van der Waals surface area contributed by atoms with Crippen molar-refractivity contribution in [2.45, 2.75) is 39.5 Å². The van der Waals surface area contributed by atoms with E-state index in [4.69, 9.17) is 16.0 Å². The zero-order valence-electron chi connectivity index (χ0n) is 10.8. The van der Waals surface area contributed by atoms with Crippen LogP contribution in [0, 0.1) is 19.8 Å². The summed E-state index contributed by atoms with van der Waals surface area (Å²) in [6.07, 6.45) is 0.894. The SMILES string of the molecule is Cc1cc(C(=O)NCC(Cl)CC(C)C)c(C)o1. The second-order valence-corrected chi connectivity index (χ2v) is 5.38. The first-order valence-electron chi connectivity index (χ1n) is 5.89. The fourth-order valence-electron chi connectivity index (χ4n) is 1.75. The highest BCUT2D eigenvalue weighted by atomic mass is 35.5. The van der Waals surface area contributed by atoms with Crippen LogP contribution in [0.4, 0.5) is 0 Å². The Bertz CT molecular complexity index is 385. The Morgan fingerprint density at radius 2 is 2.12 bits per heavy atom. The lowest BCUT2D eigenvalue weighted by molar-refractivity contribution is 0.0951. The predicted molar refractivity (Wildman–Crippen MR) is 69.6 cm³/mol. The van der Waals surface area contributed by atoms with Gasteiger partial charge in [0.15, 0.2) is 0 Å². The second-order valence-electron chi connectivity index (χ2n) is 4.76. The van der Waals surface area contributed by atoms with Crippen molar-refractivity contribution in [3.8, 4) is 0 Å². The van der Waals surface area contributed by atoms with Crippen molar-refractivity contribution in [2.24, 2.45) is 5.92 Å². The summed E-state index contributed by atoms with van der Waals surface area (Å²) in [6.45, 7) is 8.32. The van der Waals surface area contributed by atoms with E-state index in [-0.39, 0.29) is 11.3 Å². The van der Waals surface area contributed by atoms with Crippen LogP contribution in [0.1, 0.15) is 42.1 Å². The van der Waals surface area contributed by atoms with Crippen LogP contribution in [0.5, 0.6) is 0 Å². The highest BCUT2D eigenvalue weighted by Crippen LogP contribution is 2.14. The molecule has 4 heteroatoms. The first kappa shape index (κ1) is 14.1. The summed E-state index contributed by atoms with van der Waals surface area (Å²) in [5.74, 6) is 1.81. The molecule has 17 heavy (non-hydrogen) atoms. The lowest BCUT2D eigenvalue weighted by Crippen LogP contribution is -2.30. The first-order chi connectivity index (χ1) is 7.90. The molecule has 3 nitrogen and oxygen atoms in total. The number of carbonyl (C=O) groups is 1. The molecule has 1 atom stereocenters. The summed E-state index contributed by atoms with van der Waals surface area (Å²) >= 11 is 6.11. The molecule has 0 aromatic carbocycles. The zero-order chi connectivity index (χ0) is 13.0. The van der Waals surface area contributed by atoms with Gasteiger partial charge in [0.05, 0.1) is 10.9 Å². The molecule has 0 aliphatic rings. The molecule has 1 aromatic rings. The number of aryl methyl sites for hydroxylation is 2. The van der Waals surface area contributed by atoms with Gasteiger partial charge in [0.1, 0.15) is 11.5 Å². The highest BCUT2D eigenvalue weighted by molar-refractivity contribution is 6.21. The van der Waals surface area contributed by atoms with Crippen molar-refractivity contribution in [1.29, 1.82) is 0 Å². The summed E-state index contributed by atoms with van der Waals surface area (Å²) in [5, 5.41) is 2.81. The fraction of sp³-hybridized carbons (Fsp3) is 0.615. The van der Waals surface area contributed by atoms with Crippen LogP contribution < -0.4 is 5.32 Å². The maximum absolute atomic E-state index is 11.8. The molecule has 1 aromatic heterocycles. The Hall–Kier alpha value is -0.960. The van der Waals surface area contributed by atoms with E-state index >= 15 is 0 Å². The van der Waals surface area contributed by atoms with E-state index in [0.29, 0.717) is 23.8 Å². The van der Waals surface area contributed by atoms with Crippen molar-refractivity contribution < 1.29 is 9.21 Å². The van der Waals surface area contributed by atoms with Gasteiger partial charge in [-0.2, -0.15) is 0 Å². The third-order valence-corrected chi connectivity index (χ3v) is 2.83. The molecule has 1 heterocycles. The van der Waals surface area contributed by atoms with Crippen molar-refractivity contribution in [2.75, 3.05) is 6.54 Å². The maximum Gasteiger partial charge on any atom is 0.254 e. The summed E-state index contributed by atoms with van der Waals surface area (Å²) in [5.41, 5.74) is 0.593. The van der Waals surface area contributed by atoms with Crippen LogP contribution in [-0.4, -0.2) is 17.8 Å². The average Bonchev–Trinajstić information content (AvgIpc) is 2.53. The molecule has 1 N–H and O–H groups in total. The molecule has 1 unspecified atom stereocenters. The Kier molecular flexibility index (Phi) is 5.06. The summed E-state index contributed by atoms with van der Waals surface area (Å²) in [4.78, 5) is 11.8. The monoisotopic (exact) mass is 257 g/mol. The molecular weight excluding hydrogens is 238 g/mol. The quantitative estimate of drug-likeness (QED) is 0.823. The molecule has 0 bridgehead atoms. The first-order valence-corrected chi connectivity index (χ1v) is 6.33. The Morgan fingerprint density at radius 3 is 2.59 bits per heavy atom. The molecule has 0 saturated carbocycles. The smallest absolute Gasteiger partial charge is 0.254 e. The van der Waals surface area contributed by atoms with Crippen molar-refractivity contribution in [3.63, 3.8) is 0 Å². The number of hydrogen-bond acceptors (Lipinski definition) is 2. The number of rotatable bonds is 5. The van der Waals surface area contributed by atoms with E-state index in [1.54, 1.807) is 13.0 Å². The molecule has 0 radical (unpaired) electrons. The minimum Gasteiger partial charge on any atom is -0.466 e. The number of hydrogen-bond donors (Lipinski definition) is 1. The van der Waals surface area contributed by atoms with Crippen molar-refractivity contribution >= 4 is 17.5 Å².